The third kappa shape index (κ3) is 5.21. The number of methoxy groups -OCH3 is 2. The number of ether oxygens (including phenoxy) is 2. The number of halogens is 3. The Morgan fingerprint density at radius 3 is 2.45 bits per heavy atom. The zero-order valence-electron chi connectivity index (χ0n) is 21.0. The number of alkyl halides is 3. The van der Waals surface area contributed by atoms with Crippen molar-refractivity contribution in [2.24, 2.45) is 7.05 Å². The maximum absolute atomic E-state index is 13.5. The van der Waals surface area contributed by atoms with Crippen LogP contribution in [0.15, 0.2) is 47.5 Å². The van der Waals surface area contributed by atoms with Crippen LogP contribution in [0.25, 0.3) is 16.9 Å². The predicted molar refractivity (Wildman–Crippen MR) is 132 cm³/mol. The molecular formula is C25H23F3N6O4. The Labute approximate surface area is 214 Å². The van der Waals surface area contributed by atoms with Crippen LogP contribution in [0.3, 0.4) is 0 Å². The lowest BCUT2D eigenvalue weighted by molar-refractivity contribution is -0.141. The molecule has 0 aliphatic rings. The predicted octanol–water partition coefficient (Wildman–Crippen LogP) is 4.20. The second kappa shape index (κ2) is 10.00. The Balaban J connectivity index is 1.92. The number of nitrogens with one attached hydrogen (secondary N) is 1. The smallest absolute Gasteiger partial charge is 0.435 e. The fraction of sp³-hybridized carbons (Fsp3) is 0.240. The minimum Gasteiger partial charge on any atom is -0.497 e. The van der Waals surface area contributed by atoms with Gasteiger partial charge in [0.2, 0.25) is 5.95 Å². The number of hydrogen-bond acceptors (Lipinski definition) is 8. The van der Waals surface area contributed by atoms with E-state index in [2.05, 4.69) is 20.4 Å². The summed E-state index contributed by atoms with van der Waals surface area (Å²) in [4.78, 5) is 33.5. The Hall–Kier alpha value is -4.68. The Kier molecular flexibility index (Phi) is 6.94. The summed E-state index contributed by atoms with van der Waals surface area (Å²) in [5, 5.41) is 6.76. The summed E-state index contributed by atoms with van der Waals surface area (Å²) >= 11 is 0. The Morgan fingerprint density at radius 1 is 1.08 bits per heavy atom. The van der Waals surface area contributed by atoms with E-state index in [0.717, 1.165) is 28.0 Å². The number of nitrogens with zero attached hydrogens (tertiary/aromatic N) is 5. The molecule has 4 rings (SSSR count). The van der Waals surface area contributed by atoms with Gasteiger partial charge in [0.05, 0.1) is 14.2 Å². The molecule has 0 atom stereocenters. The lowest BCUT2D eigenvalue weighted by Crippen LogP contribution is -2.25. The molecule has 10 nitrogen and oxygen atoms in total. The number of pyridine rings is 1. The van der Waals surface area contributed by atoms with E-state index < -0.39 is 23.4 Å². The summed E-state index contributed by atoms with van der Waals surface area (Å²) < 4.78 is 52.5. The number of esters is 1. The monoisotopic (exact) mass is 528 g/mol. The zero-order valence-corrected chi connectivity index (χ0v) is 21.0. The SMILES string of the molecule is COC(=O)c1cc(-c2cnc(Nc3cc(C)cc(OC)c3)nc2-n2nc(C(F)(F)F)cc2C)cn(C)c1=O. The minimum atomic E-state index is -4.68. The van der Waals surface area contributed by atoms with Gasteiger partial charge in [0, 0.05) is 48.0 Å². The third-order valence-corrected chi connectivity index (χ3v) is 5.59. The summed E-state index contributed by atoms with van der Waals surface area (Å²) in [5.74, 6) is -0.221. The summed E-state index contributed by atoms with van der Waals surface area (Å²) in [6.45, 7) is 3.32. The van der Waals surface area contributed by atoms with Gasteiger partial charge < -0.3 is 19.4 Å². The van der Waals surface area contributed by atoms with Gasteiger partial charge in [-0.1, -0.05) is 0 Å². The highest BCUT2D eigenvalue weighted by atomic mass is 19.4. The van der Waals surface area contributed by atoms with Gasteiger partial charge >= 0.3 is 12.1 Å². The van der Waals surface area contributed by atoms with Crippen molar-refractivity contribution in [3.63, 3.8) is 0 Å². The average Bonchev–Trinajstić information content (AvgIpc) is 3.26. The second-order valence-corrected chi connectivity index (χ2v) is 8.43. The van der Waals surface area contributed by atoms with Crippen molar-refractivity contribution in [1.82, 2.24) is 24.3 Å². The second-order valence-electron chi connectivity index (χ2n) is 8.43. The number of anilines is 2. The molecule has 0 fully saturated rings. The normalized spacial score (nSPS) is 11.4. The number of aryl methyl sites for hydroxylation is 3. The summed E-state index contributed by atoms with van der Waals surface area (Å²) in [6.07, 6.45) is -1.90. The van der Waals surface area contributed by atoms with Crippen LogP contribution < -0.4 is 15.6 Å². The number of carbonyl (C=O) groups excluding carboxylic acids is 1. The zero-order chi connectivity index (χ0) is 27.8. The van der Waals surface area contributed by atoms with Crippen LogP contribution in [-0.4, -0.2) is 44.5 Å². The van der Waals surface area contributed by atoms with E-state index >= 15 is 0 Å². The lowest BCUT2D eigenvalue weighted by Gasteiger charge is -2.15. The number of hydrogen-bond donors (Lipinski definition) is 1. The van der Waals surface area contributed by atoms with Crippen molar-refractivity contribution in [3.8, 4) is 22.7 Å². The maximum atomic E-state index is 13.5. The Bertz CT molecular complexity index is 1590. The molecule has 0 amide bonds. The van der Waals surface area contributed by atoms with Gasteiger partial charge in [-0.05, 0) is 43.7 Å². The summed E-state index contributed by atoms with van der Waals surface area (Å²) in [7, 11) is 4.09. The van der Waals surface area contributed by atoms with Gasteiger partial charge in [-0.3, -0.25) is 4.79 Å². The molecule has 3 aromatic heterocycles. The van der Waals surface area contributed by atoms with Crippen molar-refractivity contribution in [1.29, 1.82) is 0 Å². The molecule has 0 spiro atoms. The average molecular weight is 528 g/mol. The number of carbonyl (C=O) groups is 1. The van der Waals surface area contributed by atoms with Gasteiger partial charge in [0.25, 0.3) is 5.56 Å². The molecule has 0 bridgehead atoms. The first-order valence-corrected chi connectivity index (χ1v) is 11.1. The third-order valence-electron chi connectivity index (χ3n) is 5.59. The molecule has 0 aliphatic carbocycles. The molecule has 38 heavy (non-hydrogen) atoms. The highest BCUT2D eigenvalue weighted by Crippen LogP contribution is 2.32. The van der Waals surface area contributed by atoms with Crippen LogP contribution in [-0.2, 0) is 18.0 Å². The van der Waals surface area contributed by atoms with E-state index in [9.17, 15) is 22.8 Å². The summed E-state index contributed by atoms with van der Waals surface area (Å²) in [5.41, 5.74) is 0.162. The van der Waals surface area contributed by atoms with Crippen molar-refractivity contribution < 1.29 is 27.4 Å². The van der Waals surface area contributed by atoms with Crippen molar-refractivity contribution in [2.45, 2.75) is 20.0 Å². The molecule has 0 saturated carbocycles. The highest BCUT2D eigenvalue weighted by molar-refractivity contribution is 5.90. The number of benzene rings is 1. The fourth-order valence-electron chi connectivity index (χ4n) is 3.81. The van der Waals surface area contributed by atoms with Gasteiger partial charge in [-0.25, -0.2) is 14.5 Å². The molecule has 13 heteroatoms. The van der Waals surface area contributed by atoms with Crippen LogP contribution in [0.5, 0.6) is 5.75 Å². The van der Waals surface area contributed by atoms with E-state index in [0.29, 0.717) is 11.4 Å². The van der Waals surface area contributed by atoms with Crippen LogP contribution in [0.2, 0.25) is 0 Å². The summed E-state index contributed by atoms with van der Waals surface area (Å²) in [6, 6.07) is 7.52. The van der Waals surface area contributed by atoms with Crippen LogP contribution in [0.4, 0.5) is 24.8 Å². The standard InChI is InChI=1S/C25H23F3N6O4/c1-13-6-16(10-17(7-13)37-4)30-24-29-11-19(15-9-18(23(36)38-5)22(35)33(3)12-15)21(31-24)34-14(2)8-20(32-34)25(26,27)28/h6-12H,1-5H3,(H,29,30,31). The van der Waals surface area contributed by atoms with E-state index in [1.807, 2.05) is 19.1 Å². The van der Waals surface area contributed by atoms with Crippen LogP contribution in [0, 0.1) is 13.8 Å². The molecule has 0 aliphatic heterocycles. The molecule has 1 N–H and O–H groups in total. The van der Waals surface area contributed by atoms with Crippen molar-refractivity contribution >= 4 is 17.6 Å². The van der Waals surface area contributed by atoms with Crippen LogP contribution >= 0.6 is 0 Å². The number of rotatable bonds is 6. The van der Waals surface area contributed by atoms with Gasteiger partial charge in [-0.15, -0.1) is 0 Å². The van der Waals surface area contributed by atoms with Crippen molar-refractivity contribution in [2.75, 3.05) is 19.5 Å². The van der Waals surface area contributed by atoms with E-state index in [1.54, 1.807) is 6.07 Å². The van der Waals surface area contributed by atoms with E-state index in [1.165, 1.54) is 39.5 Å². The van der Waals surface area contributed by atoms with Gasteiger partial charge in [-0.2, -0.15) is 23.3 Å². The molecule has 3 heterocycles. The highest BCUT2D eigenvalue weighted by Gasteiger charge is 2.35. The first-order chi connectivity index (χ1) is 17.9. The van der Waals surface area contributed by atoms with Crippen molar-refractivity contribution in [3.05, 3.63) is 75.6 Å². The van der Waals surface area contributed by atoms with E-state index in [4.69, 9.17) is 9.47 Å². The van der Waals surface area contributed by atoms with Gasteiger partial charge in [0.1, 0.15) is 11.3 Å². The molecule has 0 saturated heterocycles. The molecule has 0 unspecified atom stereocenters. The first-order valence-electron chi connectivity index (χ1n) is 11.1. The largest absolute Gasteiger partial charge is 0.497 e. The molecule has 0 radical (unpaired) electrons. The molecule has 198 valence electrons. The lowest BCUT2D eigenvalue weighted by atomic mass is 10.1. The molecular weight excluding hydrogens is 505 g/mol. The first kappa shape index (κ1) is 26.4. The van der Waals surface area contributed by atoms with E-state index in [-0.39, 0.29) is 34.2 Å². The maximum Gasteiger partial charge on any atom is 0.435 e. The topological polar surface area (TPSA) is 113 Å². The fourth-order valence-corrected chi connectivity index (χ4v) is 3.81. The minimum absolute atomic E-state index is 0.00965. The Morgan fingerprint density at radius 2 is 1.82 bits per heavy atom. The van der Waals surface area contributed by atoms with Gasteiger partial charge in [0.15, 0.2) is 11.5 Å². The molecule has 4 aromatic rings. The van der Waals surface area contributed by atoms with Crippen LogP contribution in [0.1, 0.15) is 27.3 Å². The molecule has 1 aromatic carbocycles. The number of aromatic nitrogens is 5. The quantitative estimate of drug-likeness (QED) is 0.371.